The van der Waals surface area contributed by atoms with Crippen molar-refractivity contribution in [1.82, 2.24) is 9.80 Å². The van der Waals surface area contributed by atoms with Gasteiger partial charge in [-0.05, 0) is 38.8 Å². The van der Waals surface area contributed by atoms with Crippen molar-refractivity contribution in [3.8, 4) is 0 Å². The van der Waals surface area contributed by atoms with Crippen LogP contribution in [-0.4, -0.2) is 46.1 Å². The van der Waals surface area contributed by atoms with E-state index in [2.05, 4.69) is 0 Å². The minimum Gasteiger partial charge on any atom is -0.365 e. The van der Waals surface area contributed by atoms with Gasteiger partial charge in [0.2, 0.25) is 11.8 Å². The average molecular weight is 349 g/mol. The Labute approximate surface area is 145 Å². The molecule has 130 valence electrons. The lowest BCUT2D eigenvalue weighted by molar-refractivity contribution is -0.136. The second-order valence-electron chi connectivity index (χ2n) is 7.51. The summed E-state index contributed by atoms with van der Waals surface area (Å²) in [6, 6.07) is 1.79. The average Bonchev–Trinajstić information content (AvgIpc) is 3.08. The summed E-state index contributed by atoms with van der Waals surface area (Å²) in [5, 5.41) is 0. The monoisotopic (exact) mass is 349 g/mol. The van der Waals surface area contributed by atoms with E-state index in [0.717, 1.165) is 16.9 Å². The van der Waals surface area contributed by atoms with E-state index in [-0.39, 0.29) is 29.7 Å². The second kappa shape index (κ2) is 5.88. The molecule has 3 amide bonds. The molecule has 1 aromatic heterocycles. The van der Waals surface area contributed by atoms with Gasteiger partial charge in [0, 0.05) is 36.5 Å². The maximum Gasteiger partial charge on any atom is 0.258 e. The summed E-state index contributed by atoms with van der Waals surface area (Å²) in [6.07, 6.45) is 1.03. The number of hydrogen-bond acceptors (Lipinski definition) is 4. The minimum absolute atomic E-state index is 0.0348. The summed E-state index contributed by atoms with van der Waals surface area (Å²) in [6.45, 7) is 7.58. The lowest BCUT2D eigenvalue weighted by Gasteiger charge is -2.33. The highest BCUT2D eigenvalue weighted by Crippen LogP contribution is 2.31. The third-order valence-corrected chi connectivity index (χ3v) is 5.96. The normalized spacial score (nSPS) is 21.1. The Balaban J connectivity index is 1.71. The van der Waals surface area contributed by atoms with Crippen LogP contribution in [0.4, 0.5) is 0 Å². The Morgan fingerprint density at radius 2 is 2.04 bits per heavy atom. The molecule has 0 saturated carbocycles. The summed E-state index contributed by atoms with van der Waals surface area (Å²) < 4.78 is 0. The Bertz CT molecular complexity index is 704. The van der Waals surface area contributed by atoms with Crippen LogP contribution in [0.2, 0.25) is 0 Å². The van der Waals surface area contributed by atoms with E-state index >= 15 is 0 Å². The number of amides is 3. The Morgan fingerprint density at radius 3 is 2.62 bits per heavy atom. The second-order valence-corrected chi connectivity index (χ2v) is 8.65. The Morgan fingerprint density at radius 1 is 1.33 bits per heavy atom. The van der Waals surface area contributed by atoms with Crippen molar-refractivity contribution in [3.63, 3.8) is 0 Å². The van der Waals surface area contributed by atoms with Gasteiger partial charge in [0.1, 0.15) is 0 Å². The number of carbonyl (C=O) groups is 3. The van der Waals surface area contributed by atoms with E-state index < -0.39 is 5.91 Å². The smallest absolute Gasteiger partial charge is 0.258 e. The molecular formula is C17H23N3O3S. The van der Waals surface area contributed by atoms with Gasteiger partial charge in [-0.25, -0.2) is 0 Å². The third kappa shape index (κ3) is 3.05. The number of primary amides is 1. The molecule has 0 radical (unpaired) electrons. The molecule has 2 aliphatic heterocycles. The van der Waals surface area contributed by atoms with Crippen LogP contribution in [0, 0.1) is 5.92 Å². The summed E-state index contributed by atoms with van der Waals surface area (Å²) in [5.74, 6) is -0.611. The lowest BCUT2D eigenvalue weighted by Crippen LogP contribution is -2.44. The molecule has 3 rings (SSSR count). The predicted molar refractivity (Wildman–Crippen MR) is 91.5 cm³/mol. The first-order valence-corrected chi connectivity index (χ1v) is 8.99. The molecule has 0 spiro atoms. The fourth-order valence-electron chi connectivity index (χ4n) is 3.42. The van der Waals surface area contributed by atoms with Crippen LogP contribution in [0.5, 0.6) is 0 Å². The number of carbonyl (C=O) groups excluding carboxylic acids is 3. The zero-order valence-corrected chi connectivity index (χ0v) is 15.1. The fraction of sp³-hybridized carbons (Fsp3) is 0.588. The van der Waals surface area contributed by atoms with E-state index in [1.54, 1.807) is 11.0 Å². The molecule has 2 N–H and O–H groups in total. The molecule has 3 heterocycles. The van der Waals surface area contributed by atoms with Crippen molar-refractivity contribution in [3.05, 3.63) is 21.4 Å². The molecule has 2 aliphatic rings. The van der Waals surface area contributed by atoms with Gasteiger partial charge in [-0.1, -0.05) is 0 Å². The molecule has 7 heteroatoms. The zero-order valence-electron chi connectivity index (χ0n) is 14.3. The number of hydrogen-bond donors (Lipinski definition) is 1. The molecule has 24 heavy (non-hydrogen) atoms. The van der Waals surface area contributed by atoms with Gasteiger partial charge >= 0.3 is 0 Å². The molecular weight excluding hydrogens is 326 g/mol. The molecule has 1 aromatic rings. The quantitative estimate of drug-likeness (QED) is 0.875. The minimum atomic E-state index is -0.422. The summed E-state index contributed by atoms with van der Waals surface area (Å²) in [7, 11) is 0. The molecule has 0 aromatic carbocycles. The van der Waals surface area contributed by atoms with Gasteiger partial charge < -0.3 is 15.5 Å². The van der Waals surface area contributed by atoms with Crippen molar-refractivity contribution in [1.29, 1.82) is 0 Å². The maximum atomic E-state index is 12.8. The van der Waals surface area contributed by atoms with Crippen molar-refractivity contribution >= 4 is 29.1 Å². The lowest BCUT2D eigenvalue weighted by atomic mass is 10.0. The predicted octanol–water partition coefficient (Wildman–Crippen LogP) is 1.38. The number of nitrogens with two attached hydrogens (primary N) is 1. The molecule has 6 nitrogen and oxygen atoms in total. The summed E-state index contributed by atoms with van der Waals surface area (Å²) in [4.78, 5) is 41.6. The number of fused-ring (bicyclic) bond motifs is 1. The number of likely N-dealkylation sites (tertiary alicyclic amines) is 1. The molecule has 0 aliphatic carbocycles. The van der Waals surface area contributed by atoms with Crippen molar-refractivity contribution < 1.29 is 14.4 Å². The van der Waals surface area contributed by atoms with Crippen molar-refractivity contribution in [2.45, 2.75) is 45.7 Å². The van der Waals surface area contributed by atoms with Crippen LogP contribution in [0.3, 0.4) is 0 Å². The number of thiophene rings is 1. The van der Waals surface area contributed by atoms with Gasteiger partial charge in [-0.3, -0.25) is 14.4 Å². The van der Waals surface area contributed by atoms with Crippen LogP contribution < -0.4 is 5.73 Å². The van der Waals surface area contributed by atoms with Crippen LogP contribution in [-0.2, 0) is 22.6 Å². The highest BCUT2D eigenvalue weighted by atomic mass is 32.1. The highest BCUT2D eigenvalue weighted by molar-refractivity contribution is 7.14. The Hall–Kier alpha value is -1.89. The van der Waals surface area contributed by atoms with Crippen LogP contribution >= 0.6 is 11.3 Å². The van der Waals surface area contributed by atoms with Crippen molar-refractivity contribution in [2.24, 2.45) is 11.7 Å². The van der Waals surface area contributed by atoms with E-state index in [4.69, 9.17) is 5.73 Å². The SMILES string of the molecule is CC(C)(C)N1C[C@@H](C(=O)N2CCc3sc(C(N)=O)cc3C2)CC1=O. The van der Waals surface area contributed by atoms with E-state index in [9.17, 15) is 14.4 Å². The molecule has 0 bridgehead atoms. The topological polar surface area (TPSA) is 83.7 Å². The van der Waals surface area contributed by atoms with Gasteiger partial charge in [0.25, 0.3) is 5.91 Å². The molecule has 0 unspecified atom stereocenters. The first-order valence-electron chi connectivity index (χ1n) is 8.17. The highest BCUT2D eigenvalue weighted by Gasteiger charge is 2.41. The largest absolute Gasteiger partial charge is 0.365 e. The van der Waals surface area contributed by atoms with Gasteiger partial charge in [-0.2, -0.15) is 0 Å². The third-order valence-electron chi connectivity index (χ3n) is 4.71. The van der Waals surface area contributed by atoms with Crippen LogP contribution in [0.1, 0.15) is 47.3 Å². The van der Waals surface area contributed by atoms with Gasteiger partial charge in [-0.15, -0.1) is 11.3 Å². The summed E-state index contributed by atoms with van der Waals surface area (Å²) >= 11 is 1.42. The van der Waals surface area contributed by atoms with Crippen molar-refractivity contribution in [2.75, 3.05) is 13.1 Å². The molecule has 1 fully saturated rings. The van der Waals surface area contributed by atoms with E-state index in [0.29, 0.717) is 24.5 Å². The molecule has 1 atom stereocenters. The number of nitrogens with zero attached hydrogens (tertiary/aromatic N) is 2. The van der Waals surface area contributed by atoms with E-state index in [1.807, 2.05) is 25.7 Å². The van der Waals surface area contributed by atoms with E-state index in [1.165, 1.54) is 11.3 Å². The Kier molecular flexibility index (Phi) is 4.15. The standard InChI is InChI=1S/C17H23N3O3S/c1-17(2,3)20-9-11(7-14(20)21)16(23)19-5-4-12-10(8-19)6-13(24-12)15(18)22/h6,11H,4-5,7-9H2,1-3H3,(H2,18,22)/t11-/m0/s1. The first kappa shape index (κ1) is 17.0. The van der Waals surface area contributed by atoms with Crippen LogP contribution in [0.15, 0.2) is 6.07 Å². The molecule has 1 saturated heterocycles. The van der Waals surface area contributed by atoms with Gasteiger partial charge in [0.05, 0.1) is 10.8 Å². The maximum absolute atomic E-state index is 12.8. The fourth-order valence-corrected chi connectivity index (χ4v) is 4.44. The zero-order chi connectivity index (χ0) is 17.6. The van der Waals surface area contributed by atoms with Gasteiger partial charge in [0.15, 0.2) is 0 Å². The summed E-state index contributed by atoms with van der Waals surface area (Å²) in [5.41, 5.74) is 6.08. The first-order chi connectivity index (χ1) is 11.2. The number of rotatable bonds is 2. The van der Waals surface area contributed by atoms with Crippen LogP contribution in [0.25, 0.3) is 0 Å².